The molecule has 2 atom stereocenters. The Bertz CT molecular complexity index is 722. The van der Waals surface area contributed by atoms with Gasteiger partial charge in [-0.25, -0.2) is 0 Å². The molecule has 1 N–H and O–H groups in total. The first-order valence-corrected chi connectivity index (χ1v) is 8.75. The molecule has 1 aliphatic carbocycles. The fourth-order valence-corrected chi connectivity index (χ4v) is 4.42. The van der Waals surface area contributed by atoms with E-state index in [1.807, 2.05) is 0 Å². The highest BCUT2D eigenvalue weighted by atomic mass is 16.1. The van der Waals surface area contributed by atoms with Crippen molar-refractivity contribution in [3.05, 3.63) is 59.2 Å². The standard InChI is InChI=1S/C21H23NO/c23-14-12-21-20(9-4-13-22-21)18-8-3-7-17-16-6-2-1-5-15(16)10-11-19(17)18/h1-3,5-8,14,20-22H,4,9-13H2. The Kier molecular flexibility index (Phi) is 4.00. The van der Waals surface area contributed by atoms with Crippen LogP contribution in [-0.2, 0) is 17.6 Å². The van der Waals surface area contributed by atoms with Gasteiger partial charge in [0.25, 0.3) is 0 Å². The van der Waals surface area contributed by atoms with Crippen molar-refractivity contribution in [3.8, 4) is 11.1 Å². The Morgan fingerprint density at radius 1 is 1.04 bits per heavy atom. The highest BCUT2D eigenvalue weighted by molar-refractivity contribution is 5.74. The summed E-state index contributed by atoms with van der Waals surface area (Å²) in [5, 5.41) is 3.56. The fourth-order valence-electron chi connectivity index (χ4n) is 4.42. The number of piperidine rings is 1. The lowest BCUT2D eigenvalue weighted by Gasteiger charge is -2.34. The van der Waals surface area contributed by atoms with E-state index in [-0.39, 0.29) is 0 Å². The van der Waals surface area contributed by atoms with Crippen LogP contribution in [0.2, 0.25) is 0 Å². The van der Waals surface area contributed by atoms with Crippen molar-refractivity contribution in [2.45, 2.75) is 44.1 Å². The molecule has 1 heterocycles. The minimum Gasteiger partial charge on any atom is -0.313 e. The van der Waals surface area contributed by atoms with Crippen LogP contribution in [-0.4, -0.2) is 18.9 Å². The maximum Gasteiger partial charge on any atom is 0.121 e. The van der Waals surface area contributed by atoms with E-state index in [9.17, 15) is 4.79 Å². The summed E-state index contributed by atoms with van der Waals surface area (Å²) in [6.45, 7) is 1.03. The van der Waals surface area contributed by atoms with E-state index in [0.29, 0.717) is 18.4 Å². The van der Waals surface area contributed by atoms with Crippen LogP contribution < -0.4 is 5.32 Å². The predicted molar refractivity (Wildman–Crippen MR) is 93.7 cm³/mol. The second-order valence-corrected chi connectivity index (χ2v) is 6.74. The SMILES string of the molecule is O=CCC1NCCCC1c1cccc2c1CCc1ccccc1-2. The van der Waals surface area contributed by atoms with Gasteiger partial charge in [-0.1, -0.05) is 42.5 Å². The molecular formula is C21H23NO. The minimum atomic E-state index is 0.296. The lowest BCUT2D eigenvalue weighted by Crippen LogP contribution is -2.40. The molecule has 0 amide bonds. The Morgan fingerprint density at radius 3 is 2.83 bits per heavy atom. The number of aldehydes is 1. The summed E-state index contributed by atoms with van der Waals surface area (Å²) in [6, 6.07) is 15.8. The Labute approximate surface area is 137 Å². The number of hydrogen-bond acceptors (Lipinski definition) is 2. The van der Waals surface area contributed by atoms with E-state index < -0.39 is 0 Å². The molecule has 2 aromatic rings. The van der Waals surface area contributed by atoms with Gasteiger partial charge in [0, 0.05) is 12.5 Å². The van der Waals surface area contributed by atoms with E-state index in [0.717, 1.165) is 25.7 Å². The minimum absolute atomic E-state index is 0.296. The molecule has 2 heteroatoms. The lowest BCUT2D eigenvalue weighted by atomic mass is 9.76. The molecule has 1 aliphatic heterocycles. The summed E-state index contributed by atoms with van der Waals surface area (Å²) in [4.78, 5) is 11.1. The average Bonchev–Trinajstić information content (AvgIpc) is 2.62. The van der Waals surface area contributed by atoms with Gasteiger partial charge >= 0.3 is 0 Å². The number of carbonyl (C=O) groups is 1. The first-order valence-electron chi connectivity index (χ1n) is 8.75. The van der Waals surface area contributed by atoms with Crippen LogP contribution in [0.3, 0.4) is 0 Å². The Hall–Kier alpha value is -1.93. The molecule has 0 radical (unpaired) electrons. The number of aryl methyl sites for hydroxylation is 1. The number of nitrogens with one attached hydrogen (secondary N) is 1. The summed E-state index contributed by atoms with van der Waals surface area (Å²) in [5.74, 6) is 0.467. The largest absolute Gasteiger partial charge is 0.313 e. The monoisotopic (exact) mass is 305 g/mol. The highest BCUT2D eigenvalue weighted by Crippen LogP contribution is 2.40. The number of rotatable bonds is 3. The van der Waals surface area contributed by atoms with Crippen molar-refractivity contribution < 1.29 is 4.79 Å². The van der Waals surface area contributed by atoms with Crippen LogP contribution >= 0.6 is 0 Å². The smallest absolute Gasteiger partial charge is 0.121 e. The number of benzene rings is 2. The van der Waals surface area contributed by atoms with Gasteiger partial charge in [0.05, 0.1) is 0 Å². The average molecular weight is 305 g/mol. The molecule has 0 aromatic heterocycles. The van der Waals surface area contributed by atoms with E-state index in [2.05, 4.69) is 47.8 Å². The van der Waals surface area contributed by atoms with Crippen LogP contribution in [0.1, 0.15) is 41.9 Å². The van der Waals surface area contributed by atoms with Crippen LogP contribution in [0.25, 0.3) is 11.1 Å². The quantitative estimate of drug-likeness (QED) is 0.872. The van der Waals surface area contributed by atoms with Crippen molar-refractivity contribution in [2.75, 3.05) is 6.54 Å². The topological polar surface area (TPSA) is 29.1 Å². The summed E-state index contributed by atoms with van der Waals surface area (Å²) >= 11 is 0. The van der Waals surface area contributed by atoms with E-state index in [4.69, 9.17) is 0 Å². The van der Waals surface area contributed by atoms with Crippen LogP contribution in [0.4, 0.5) is 0 Å². The molecular weight excluding hydrogens is 282 g/mol. The first-order chi connectivity index (χ1) is 11.4. The zero-order valence-corrected chi connectivity index (χ0v) is 13.4. The molecule has 2 unspecified atom stereocenters. The van der Waals surface area contributed by atoms with E-state index in [1.54, 1.807) is 0 Å². The second-order valence-electron chi connectivity index (χ2n) is 6.74. The lowest BCUT2D eigenvalue weighted by molar-refractivity contribution is -0.108. The summed E-state index contributed by atoms with van der Waals surface area (Å²) in [6.07, 6.45) is 6.31. The third-order valence-corrected chi connectivity index (χ3v) is 5.50. The zero-order valence-electron chi connectivity index (χ0n) is 13.4. The van der Waals surface area contributed by atoms with Crippen molar-refractivity contribution in [1.29, 1.82) is 0 Å². The van der Waals surface area contributed by atoms with Gasteiger partial charge in [-0.3, -0.25) is 0 Å². The van der Waals surface area contributed by atoms with Crippen molar-refractivity contribution in [1.82, 2.24) is 5.32 Å². The Morgan fingerprint density at radius 2 is 1.91 bits per heavy atom. The van der Waals surface area contributed by atoms with Crippen LogP contribution in [0, 0.1) is 0 Å². The molecule has 1 saturated heterocycles. The molecule has 2 aliphatic rings. The molecule has 0 spiro atoms. The maximum absolute atomic E-state index is 11.1. The second kappa shape index (κ2) is 6.29. The fraction of sp³-hybridized carbons (Fsp3) is 0.381. The molecule has 0 saturated carbocycles. The van der Waals surface area contributed by atoms with Crippen LogP contribution in [0.15, 0.2) is 42.5 Å². The molecule has 2 aromatic carbocycles. The zero-order chi connectivity index (χ0) is 15.6. The van der Waals surface area contributed by atoms with Crippen LogP contribution in [0.5, 0.6) is 0 Å². The van der Waals surface area contributed by atoms with Gasteiger partial charge in [-0.15, -0.1) is 0 Å². The molecule has 2 nitrogen and oxygen atoms in total. The molecule has 4 rings (SSSR count). The maximum atomic E-state index is 11.1. The summed E-state index contributed by atoms with van der Waals surface area (Å²) in [5.41, 5.74) is 7.24. The van der Waals surface area contributed by atoms with Crippen molar-refractivity contribution in [3.63, 3.8) is 0 Å². The summed E-state index contributed by atoms with van der Waals surface area (Å²) < 4.78 is 0. The number of hydrogen-bond donors (Lipinski definition) is 1. The first kappa shape index (κ1) is 14.6. The third kappa shape index (κ3) is 2.61. The van der Waals surface area contributed by atoms with Gasteiger partial charge in [0.15, 0.2) is 0 Å². The number of fused-ring (bicyclic) bond motifs is 3. The highest BCUT2D eigenvalue weighted by Gasteiger charge is 2.29. The van der Waals surface area contributed by atoms with E-state index in [1.165, 1.54) is 40.7 Å². The molecule has 118 valence electrons. The normalized spacial score (nSPS) is 23.0. The van der Waals surface area contributed by atoms with Gasteiger partial charge in [0.1, 0.15) is 6.29 Å². The number of carbonyl (C=O) groups excluding carboxylic acids is 1. The van der Waals surface area contributed by atoms with E-state index >= 15 is 0 Å². The molecule has 23 heavy (non-hydrogen) atoms. The third-order valence-electron chi connectivity index (χ3n) is 5.50. The predicted octanol–water partition coefficient (Wildman–Crippen LogP) is 3.88. The van der Waals surface area contributed by atoms with Gasteiger partial charge < -0.3 is 10.1 Å². The van der Waals surface area contributed by atoms with Crippen molar-refractivity contribution in [2.24, 2.45) is 0 Å². The van der Waals surface area contributed by atoms with Crippen molar-refractivity contribution >= 4 is 6.29 Å². The van der Waals surface area contributed by atoms with Gasteiger partial charge in [-0.05, 0) is 66.0 Å². The van der Waals surface area contributed by atoms with Gasteiger partial charge in [0.2, 0.25) is 0 Å². The summed E-state index contributed by atoms with van der Waals surface area (Å²) in [7, 11) is 0. The van der Waals surface area contributed by atoms with Gasteiger partial charge in [-0.2, -0.15) is 0 Å². The Balaban J connectivity index is 1.78. The molecule has 1 fully saturated rings. The molecule has 0 bridgehead atoms.